The number of aliphatic imine (C=N–C) groups is 2. The van der Waals surface area contributed by atoms with E-state index in [-0.39, 0.29) is 5.91 Å². The SMILES string of the molecule is COc1cccc2c1N=CN1CC(NC(=O)c3cccs3)(OCCCN3CCOCC3)N=C21. The van der Waals surface area contributed by atoms with Crippen molar-refractivity contribution in [3.8, 4) is 5.75 Å². The molecule has 1 N–H and O–H groups in total. The summed E-state index contributed by atoms with van der Waals surface area (Å²) in [5, 5.41) is 4.92. The predicted octanol–water partition coefficient (Wildman–Crippen LogP) is 2.32. The molecule has 1 atom stereocenters. The second kappa shape index (κ2) is 9.60. The zero-order chi connectivity index (χ0) is 22.7. The molecule has 5 rings (SSSR count). The first-order valence-electron chi connectivity index (χ1n) is 11.1. The normalized spacial score (nSPS) is 22.0. The predicted molar refractivity (Wildman–Crippen MR) is 127 cm³/mol. The van der Waals surface area contributed by atoms with Gasteiger partial charge in [0.15, 0.2) is 0 Å². The van der Waals surface area contributed by atoms with Crippen molar-refractivity contribution in [2.75, 3.05) is 53.1 Å². The molecule has 0 bridgehead atoms. The topological polar surface area (TPSA) is 88.0 Å². The summed E-state index contributed by atoms with van der Waals surface area (Å²) in [5.74, 6) is -0.0145. The molecule has 1 unspecified atom stereocenters. The Balaban J connectivity index is 1.36. The summed E-state index contributed by atoms with van der Waals surface area (Å²) in [6.07, 6.45) is 2.56. The van der Waals surface area contributed by atoms with Crippen LogP contribution in [0.3, 0.4) is 0 Å². The van der Waals surface area contributed by atoms with E-state index in [1.54, 1.807) is 19.5 Å². The fourth-order valence-corrected chi connectivity index (χ4v) is 4.82. The highest BCUT2D eigenvalue weighted by molar-refractivity contribution is 7.12. The number of hydrogen-bond donors (Lipinski definition) is 1. The lowest BCUT2D eigenvalue weighted by Gasteiger charge is -2.29. The minimum Gasteiger partial charge on any atom is -0.494 e. The maximum absolute atomic E-state index is 13.0. The van der Waals surface area contributed by atoms with Crippen LogP contribution in [0, 0.1) is 0 Å². The van der Waals surface area contributed by atoms with Crippen LogP contribution in [0.4, 0.5) is 5.69 Å². The Labute approximate surface area is 196 Å². The van der Waals surface area contributed by atoms with Crippen molar-refractivity contribution in [2.45, 2.75) is 12.3 Å². The Kier molecular flexibility index (Phi) is 6.41. The highest BCUT2D eigenvalue weighted by Crippen LogP contribution is 2.37. The molecule has 1 aromatic carbocycles. The van der Waals surface area contributed by atoms with Crippen molar-refractivity contribution in [2.24, 2.45) is 9.98 Å². The van der Waals surface area contributed by atoms with E-state index in [2.05, 4.69) is 15.2 Å². The van der Waals surface area contributed by atoms with Gasteiger partial charge in [-0.25, -0.2) is 9.98 Å². The standard InChI is InChI=1S/C23H27N5O4S/c1-30-18-6-2-5-17-20(18)24-16-28-15-23(25-21(17)28,26-22(29)19-7-3-14-33-19)32-11-4-8-27-9-12-31-13-10-27/h2-3,5-7,14,16H,4,8-13,15H2,1H3,(H,26,29). The molecule has 0 radical (unpaired) electrons. The molecule has 0 spiro atoms. The van der Waals surface area contributed by atoms with Gasteiger partial charge < -0.3 is 24.4 Å². The molecule has 1 saturated heterocycles. The number of nitrogens with zero attached hydrogens (tertiary/aromatic N) is 4. The molecule has 174 valence electrons. The number of fused-ring (bicyclic) bond motifs is 3. The van der Waals surface area contributed by atoms with E-state index in [1.807, 2.05) is 34.5 Å². The van der Waals surface area contributed by atoms with Crippen LogP contribution in [0.5, 0.6) is 5.75 Å². The molecule has 3 aliphatic rings. The lowest BCUT2D eigenvalue weighted by Crippen LogP contribution is -2.52. The van der Waals surface area contributed by atoms with Gasteiger partial charge in [0, 0.05) is 25.2 Å². The number of benzene rings is 1. The first kappa shape index (κ1) is 22.0. The van der Waals surface area contributed by atoms with Crippen molar-refractivity contribution >= 4 is 35.1 Å². The molecule has 0 saturated carbocycles. The number of amides is 1. The summed E-state index contributed by atoms with van der Waals surface area (Å²) < 4.78 is 17.2. The highest BCUT2D eigenvalue weighted by Gasteiger charge is 2.44. The zero-order valence-corrected chi connectivity index (χ0v) is 19.3. The van der Waals surface area contributed by atoms with Crippen LogP contribution in [-0.4, -0.2) is 86.8 Å². The summed E-state index contributed by atoms with van der Waals surface area (Å²) in [6, 6.07) is 9.38. The van der Waals surface area contributed by atoms with Crippen LogP contribution in [0.15, 0.2) is 45.7 Å². The van der Waals surface area contributed by atoms with Crippen LogP contribution in [-0.2, 0) is 9.47 Å². The van der Waals surface area contributed by atoms with Crippen molar-refractivity contribution in [1.82, 2.24) is 15.1 Å². The average Bonchev–Trinajstić information content (AvgIpc) is 3.51. The second-order valence-corrected chi connectivity index (χ2v) is 8.98. The number of amidine groups is 1. The third-order valence-electron chi connectivity index (χ3n) is 5.85. The number of thiophene rings is 1. The molecular weight excluding hydrogens is 442 g/mol. The summed E-state index contributed by atoms with van der Waals surface area (Å²) in [4.78, 5) is 27.3. The number of nitrogens with one attached hydrogen (secondary N) is 1. The molecule has 3 aliphatic heterocycles. The van der Waals surface area contributed by atoms with Crippen molar-refractivity contribution < 1.29 is 19.0 Å². The van der Waals surface area contributed by atoms with E-state index in [1.165, 1.54) is 11.3 Å². The van der Waals surface area contributed by atoms with Crippen molar-refractivity contribution in [3.05, 3.63) is 46.2 Å². The van der Waals surface area contributed by atoms with Gasteiger partial charge in [0.2, 0.25) is 0 Å². The van der Waals surface area contributed by atoms with Gasteiger partial charge in [0.05, 0.1) is 44.7 Å². The highest BCUT2D eigenvalue weighted by atomic mass is 32.1. The molecule has 1 fully saturated rings. The first-order valence-corrected chi connectivity index (χ1v) is 11.9. The van der Waals surface area contributed by atoms with Crippen LogP contribution < -0.4 is 10.1 Å². The Morgan fingerprint density at radius 1 is 1.27 bits per heavy atom. The minimum absolute atomic E-state index is 0.204. The van der Waals surface area contributed by atoms with Crippen molar-refractivity contribution in [3.63, 3.8) is 0 Å². The number of morpholine rings is 1. The minimum atomic E-state index is -1.20. The number of methoxy groups -OCH3 is 1. The number of rotatable bonds is 8. The third kappa shape index (κ3) is 4.65. The molecule has 33 heavy (non-hydrogen) atoms. The third-order valence-corrected chi connectivity index (χ3v) is 6.71. The van der Waals surface area contributed by atoms with E-state index in [4.69, 9.17) is 19.2 Å². The lowest BCUT2D eigenvalue weighted by molar-refractivity contribution is -0.0579. The second-order valence-electron chi connectivity index (χ2n) is 8.04. The molecule has 9 nitrogen and oxygen atoms in total. The number of ether oxygens (including phenoxy) is 3. The summed E-state index contributed by atoms with van der Waals surface area (Å²) in [6.45, 7) is 5.14. The molecule has 10 heteroatoms. The molecule has 0 aliphatic carbocycles. The van der Waals surface area contributed by atoms with Gasteiger partial charge in [-0.15, -0.1) is 11.3 Å². The van der Waals surface area contributed by atoms with E-state index >= 15 is 0 Å². The monoisotopic (exact) mass is 469 g/mol. The number of para-hydroxylation sites is 1. The lowest BCUT2D eigenvalue weighted by atomic mass is 10.1. The summed E-state index contributed by atoms with van der Waals surface area (Å²) >= 11 is 1.39. The van der Waals surface area contributed by atoms with Crippen LogP contribution in [0.1, 0.15) is 21.7 Å². The number of hydrogen-bond acceptors (Lipinski definition) is 9. The Hall–Kier alpha value is -2.79. The van der Waals surface area contributed by atoms with E-state index in [0.717, 1.165) is 50.5 Å². The molecule has 1 amide bonds. The number of carbonyl (C=O) groups excluding carboxylic acids is 1. The van der Waals surface area contributed by atoms with Crippen LogP contribution in [0.25, 0.3) is 0 Å². The Morgan fingerprint density at radius 2 is 2.15 bits per heavy atom. The van der Waals surface area contributed by atoms with Crippen molar-refractivity contribution in [1.29, 1.82) is 0 Å². The van der Waals surface area contributed by atoms with Gasteiger partial charge >= 0.3 is 0 Å². The zero-order valence-electron chi connectivity index (χ0n) is 18.5. The van der Waals surface area contributed by atoms with Crippen LogP contribution >= 0.6 is 11.3 Å². The molecular formula is C23H27N5O4S. The Bertz CT molecular complexity index is 1050. The summed E-state index contributed by atoms with van der Waals surface area (Å²) in [7, 11) is 1.62. The largest absolute Gasteiger partial charge is 0.494 e. The molecule has 2 aromatic rings. The van der Waals surface area contributed by atoms with Crippen LogP contribution in [0.2, 0.25) is 0 Å². The first-order chi connectivity index (χ1) is 16.2. The van der Waals surface area contributed by atoms with E-state index < -0.39 is 5.85 Å². The van der Waals surface area contributed by atoms with Gasteiger partial charge in [-0.2, -0.15) is 0 Å². The molecule has 1 aromatic heterocycles. The maximum Gasteiger partial charge on any atom is 0.265 e. The fraction of sp³-hybridized carbons (Fsp3) is 0.435. The van der Waals surface area contributed by atoms with Gasteiger partial charge in [-0.05, 0) is 30.0 Å². The maximum atomic E-state index is 13.0. The van der Waals surface area contributed by atoms with E-state index in [9.17, 15) is 4.79 Å². The number of carbonyl (C=O) groups is 1. The van der Waals surface area contributed by atoms with E-state index in [0.29, 0.717) is 29.6 Å². The van der Waals surface area contributed by atoms with Gasteiger partial charge in [0.25, 0.3) is 11.8 Å². The summed E-state index contributed by atoms with van der Waals surface area (Å²) in [5.41, 5.74) is 1.57. The van der Waals surface area contributed by atoms with Gasteiger partial charge in [0.1, 0.15) is 17.3 Å². The van der Waals surface area contributed by atoms with Gasteiger partial charge in [-0.1, -0.05) is 12.1 Å². The molecule has 4 heterocycles. The van der Waals surface area contributed by atoms with Gasteiger partial charge in [-0.3, -0.25) is 9.69 Å². The quantitative estimate of drug-likeness (QED) is 0.472. The fourth-order valence-electron chi connectivity index (χ4n) is 4.20. The smallest absolute Gasteiger partial charge is 0.265 e. The average molecular weight is 470 g/mol. The Morgan fingerprint density at radius 3 is 2.94 bits per heavy atom.